The fourth-order valence-electron chi connectivity index (χ4n) is 4.10. The summed E-state index contributed by atoms with van der Waals surface area (Å²) in [5.74, 6) is 2.44. The topological polar surface area (TPSA) is 57.2 Å². The highest BCUT2D eigenvalue weighted by Crippen LogP contribution is 2.37. The normalized spacial score (nSPS) is 15.1. The van der Waals surface area contributed by atoms with Crippen LogP contribution >= 0.6 is 0 Å². The molecule has 0 aromatic heterocycles. The Hall–Kier alpha value is -3.80. The smallest absolute Gasteiger partial charge is 0.321 e. The molecule has 0 unspecified atom stereocenters. The number of fused-ring (bicyclic) bond motifs is 2. The van der Waals surface area contributed by atoms with Crippen LogP contribution in [-0.4, -0.2) is 47.8 Å². The standard InChI is InChI=1S/C26H26N4O2/c1-18-11-12-19(2)22(17-18)28-26(31)30-15-13-29(14-16-30)25-20-7-3-5-9-23(20)32-24-10-6-4-8-21(24)27-25/h3-12,17H,13-16H2,1-2H3,(H,28,31). The number of urea groups is 1. The van der Waals surface area contributed by atoms with Crippen molar-refractivity contribution in [3.63, 3.8) is 0 Å². The lowest BCUT2D eigenvalue weighted by atomic mass is 10.1. The zero-order chi connectivity index (χ0) is 22.1. The molecule has 6 nitrogen and oxygen atoms in total. The van der Waals surface area contributed by atoms with Gasteiger partial charge in [-0.05, 0) is 55.3 Å². The Labute approximate surface area is 188 Å². The van der Waals surface area contributed by atoms with Gasteiger partial charge >= 0.3 is 6.03 Å². The minimum absolute atomic E-state index is 0.0600. The summed E-state index contributed by atoms with van der Waals surface area (Å²) in [7, 11) is 0. The Balaban J connectivity index is 1.34. The van der Waals surface area contributed by atoms with Gasteiger partial charge in [0.1, 0.15) is 17.3 Å². The van der Waals surface area contributed by atoms with Crippen molar-refractivity contribution in [2.45, 2.75) is 13.8 Å². The molecule has 32 heavy (non-hydrogen) atoms. The number of nitrogens with zero attached hydrogens (tertiary/aromatic N) is 3. The maximum absolute atomic E-state index is 12.9. The van der Waals surface area contributed by atoms with E-state index in [-0.39, 0.29) is 6.03 Å². The van der Waals surface area contributed by atoms with Crippen LogP contribution in [0.5, 0.6) is 11.5 Å². The van der Waals surface area contributed by atoms with Gasteiger partial charge in [0.05, 0.1) is 5.56 Å². The molecule has 0 saturated carbocycles. The van der Waals surface area contributed by atoms with E-state index in [4.69, 9.17) is 9.73 Å². The molecule has 2 amide bonds. The second-order valence-corrected chi connectivity index (χ2v) is 8.22. The summed E-state index contributed by atoms with van der Waals surface area (Å²) in [5.41, 5.74) is 4.84. The molecule has 0 aliphatic carbocycles. The zero-order valence-corrected chi connectivity index (χ0v) is 18.3. The molecule has 3 aromatic rings. The molecule has 2 aliphatic heterocycles. The molecule has 162 valence electrons. The first-order valence-corrected chi connectivity index (χ1v) is 10.9. The number of piperazine rings is 1. The van der Waals surface area contributed by atoms with Crippen molar-refractivity contribution < 1.29 is 9.53 Å². The van der Waals surface area contributed by atoms with Gasteiger partial charge in [-0.3, -0.25) is 0 Å². The van der Waals surface area contributed by atoms with Crippen LogP contribution in [0.3, 0.4) is 0 Å². The number of anilines is 1. The first-order chi connectivity index (χ1) is 15.6. The van der Waals surface area contributed by atoms with E-state index in [1.54, 1.807) is 0 Å². The number of amides is 2. The second kappa shape index (κ2) is 8.38. The first kappa shape index (κ1) is 20.1. The molecule has 2 aliphatic rings. The SMILES string of the molecule is Cc1ccc(C)c(NC(=O)N2CCN(C3=Nc4ccccc4Oc4ccccc43)CC2)c1. The van der Waals surface area contributed by atoms with Gasteiger partial charge in [0.25, 0.3) is 0 Å². The van der Waals surface area contributed by atoms with Gasteiger partial charge in [-0.1, -0.05) is 36.4 Å². The lowest BCUT2D eigenvalue weighted by Crippen LogP contribution is -2.51. The third-order valence-electron chi connectivity index (χ3n) is 5.94. The number of hydrogen-bond acceptors (Lipinski definition) is 4. The third kappa shape index (κ3) is 3.91. The molecule has 1 fully saturated rings. The molecule has 3 aromatic carbocycles. The Morgan fingerprint density at radius 2 is 1.62 bits per heavy atom. The molecule has 5 rings (SSSR count). The predicted octanol–water partition coefficient (Wildman–Crippen LogP) is 5.34. The van der Waals surface area contributed by atoms with Crippen LogP contribution in [0.4, 0.5) is 16.2 Å². The maximum atomic E-state index is 12.9. The summed E-state index contributed by atoms with van der Waals surface area (Å²) < 4.78 is 6.15. The van der Waals surface area contributed by atoms with Crippen LogP contribution in [0.15, 0.2) is 71.7 Å². The summed E-state index contributed by atoms with van der Waals surface area (Å²) in [5, 5.41) is 3.07. The van der Waals surface area contributed by atoms with Crippen LogP contribution in [0.2, 0.25) is 0 Å². The summed E-state index contributed by atoms with van der Waals surface area (Å²) in [4.78, 5) is 21.9. The van der Waals surface area contributed by atoms with Crippen molar-refractivity contribution in [2.24, 2.45) is 4.99 Å². The molecule has 0 atom stereocenters. The number of hydrogen-bond donors (Lipinski definition) is 1. The van der Waals surface area contributed by atoms with E-state index in [9.17, 15) is 4.79 Å². The van der Waals surface area contributed by atoms with E-state index < -0.39 is 0 Å². The number of rotatable bonds is 1. The minimum atomic E-state index is -0.0600. The number of amidine groups is 1. The highest BCUT2D eigenvalue weighted by Gasteiger charge is 2.27. The zero-order valence-electron chi connectivity index (χ0n) is 18.3. The number of nitrogens with one attached hydrogen (secondary N) is 1. The number of carbonyl (C=O) groups is 1. The summed E-state index contributed by atoms with van der Waals surface area (Å²) in [6, 6.07) is 21.9. The van der Waals surface area contributed by atoms with E-state index in [0.29, 0.717) is 26.2 Å². The van der Waals surface area contributed by atoms with Crippen molar-refractivity contribution in [3.05, 3.63) is 83.4 Å². The average Bonchev–Trinajstić information content (AvgIpc) is 2.98. The molecule has 6 heteroatoms. The monoisotopic (exact) mass is 426 g/mol. The second-order valence-electron chi connectivity index (χ2n) is 8.22. The molecule has 1 N–H and O–H groups in total. The Kier molecular flexibility index (Phi) is 5.27. The van der Waals surface area contributed by atoms with E-state index in [1.165, 1.54) is 0 Å². The van der Waals surface area contributed by atoms with E-state index in [2.05, 4.69) is 16.3 Å². The Morgan fingerprint density at radius 1 is 0.906 bits per heavy atom. The van der Waals surface area contributed by atoms with Crippen LogP contribution < -0.4 is 10.1 Å². The molecule has 0 bridgehead atoms. The van der Waals surface area contributed by atoms with Crippen LogP contribution in [0.25, 0.3) is 0 Å². The maximum Gasteiger partial charge on any atom is 0.321 e. The lowest BCUT2D eigenvalue weighted by molar-refractivity contribution is 0.181. The van der Waals surface area contributed by atoms with Crippen molar-refractivity contribution in [2.75, 3.05) is 31.5 Å². The summed E-state index contributed by atoms with van der Waals surface area (Å²) in [6.07, 6.45) is 0. The molecule has 0 spiro atoms. The van der Waals surface area contributed by atoms with Gasteiger partial charge in [-0.25, -0.2) is 9.79 Å². The van der Waals surface area contributed by atoms with Crippen molar-refractivity contribution in [3.8, 4) is 11.5 Å². The summed E-state index contributed by atoms with van der Waals surface area (Å²) in [6.45, 7) is 6.70. The number of carbonyl (C=O) groups excluding carboxylic acids is 1. The van der Waals surface area contributed by atoms with Crippen LogP contribution in [0.1, 0.15) is 16.7 Å². The van der Waals surface area contributed by atoms with Gasteiger partial charge in [-0.2, -0.15) is 0 Å². The summed E-state index contributed by atoms with van der Waals surface area (Å²) >= 11 is 0. The molecule has 2 heterocycles. The predicted molar refractivity (Wildman–Crippen MR) is 127 cm³/mol. The molecule has 0 radical (unpaired) electrons. The minimum Gasteiger partial charge on any atom is -0.454 e. The number of aryl methyl sites for hydroxylation is 2. The third-order valence-corrected chi connectivity index (χ3v) is 5.94. The largest absolute Gasteiger partial charge is 0.454 e. The van der Waals surface area contributed by atoms with Crippen molar-refractivity contribution in [1.29, 1.82) is 0 Å². The van der Waals surface area contributed by atoms with Gasteiger partial charge in [0.15, 0.2) is 5.75 Å². The Bertz CT molecular complexity index is 1200. The fourth-order valence-corrected chi connectivity index (χ4v) is 4.10. The lowest BCUT2D eigenvalue weighted by Gasteiger charge is -2.36. The van der Waals surface area contributed by atoms with E-state index >= 15 is 0 Å². The first-order valence-electron chi connectivity index (χ1n) is 10.9. The highest BCUT2D eigenvalue weighted by atomic mass is 16.5. The number of para-hydroxylation sites is 3. The molecular formula is C26H26N4O2. The Morgan fingerprint density at radius 3 is 2.44 bits per heavy atom. The van der Waals surface area contributed by atoms with Crippen LogP contribution in [-0.2, 0) is 0 Å². The van der Waals surface area contributed by atoms with Gasteiger partial charge in [0.2, 0.25) is 0 Å². The van der Waals surface area contributed by atoms with Gasteiger partial charge in [0, 0.05) is 31.9 Å². The quantitative estimate of drug-likeness (QED) is 0.572. The average molecular weight is 427 g/mol. The number of benzene rings is 3. The van der Waals surface area contributed by atoms with Crippen molar-refractivity contribution in [1.82, 2.24) is 9.80 Å². The van der Waals surface area contributed by atoms with E-state index in [0.717, 1.165) is 45.4 Å². The van der Waals surface area contributed by atoms with E-state index in [1.807, 2.05) is 79.4 Å². The fraction of sp³-hybridized carbons (Fsp3) is 0.231. The van der Waals surface area contributed by atoms with Gasteiger partial charge in [-0.15, -0.1) is 0 Å². The molecular weight excluding hydrogens is 400 g/mol. The van der Waals surface area contributed by atoms with Gasteiger partial charge < -0.3 is 19.9 Å². The number of aliphatic imine (C=N–C) groups is 1. The highest BCUT2D eigenvalue weighted by molar-refractivity contribution is 6.04. The van der Waals surface area contributed by atoms with Crippen molar-refractivity contribution >= 4 is 23.2 Å². The molecule has 1 saturated heterocycles. The van der Waals surface area contributed by atoms with Crippen LogP contribution in [0, 0.1) is 13.8 Å². The number of ether oxygens (including phenoxy) is 1.